The predicted molar refractivity (Wildman–Crippen MR) is 50.6 cm³/mol. The van der Waals surface area contributed by atoms with Crippen molar-refractivity contribution in [3.63, 3.8) is 0 Å². The number of benzene rings is 1. The average molecular weight is 196 g/mol. The number of aldehydes is 1. The van der Waals surface area contributed by atoms with Gasteiger partial charge in [-0.05, 0) is 25.1 Å². The Morgan fingerprint density at radius 2 is 2.14 bits per heavy atom. The Balaban J connectivity index is 2.87. The van der Waals surface area contributed by atoms with E-state index in [1.54, 1.807) is 18.2 Å². The second kappa shape index (κ2) is 5.24. The van der Waals surface area contributed by atoms with Gasteiger partial charge in [-0.3, -0.25) is 4.79 Å². The minimum Gasteiger partial charge on any atom is -0.493 e. The maximum Gasteiger partial charge on any atom is 0.207 e. The molecule has 0 saturated heterocycles. The topological polar surface area (TPSA) is 44.8 Å². The highest BCUT2D eigenvalue weighted by atomic mass is 17.2. The Hall–Kier alpha value is -1.55. The molecular weight excluding hydrogens is 184 g/mol. The number of rotatable bonds is 5. The van der Waals surface area contributed by atoms with Crippen molar-refractivity contribution in [1.29, 1.82) is 0 Å². The first-order valence-electron chi connectivity index (χ1n) is 4.24. The van der Waals surface area contributed by atoms with Crippen LogP contribution in [0, 0.1) is 0 Å². The van der Waals surface area contributed by atoms with E-state index in [1.165, 1.54) is 7.11 Å². The first kappa shape index (κ1) is 10.5. The predicted octanol–water partition coefficient (Wildman–Crippen LogP) is 1.84. The van der Waals surface area contributed by atoms with Crippen LogP contribution >= 0.6 is 0 Å². The van der Waals surface area contributed by atoms with Crippen LogP contribution < -0.4 is 9.62 Å². The fourth-order valence-electron chi connectivity index (χ4n) is 0.949. The van der Waals surface area contributed by atoms with E-state index in [0.29, 0.717) is 23.7 Å². The van der Waals surface area contributed by atoms with Crippen molar-refractivity contribution in [3.05, 3.63) is 23.8 Å². The summed E-state index contributed by atoms with van der Waals surface area (Å²) in [5.74, 6) is 0.933. The van der Waals surface area contributed by atoms with Crippen LogP contribution in [0.2, 0.25) is 0 Å². The van der Waals surface area contributed by atoms with Crippen LogP contribution in [0.3, 0.4) is 0 Å². The van der Waals surface area contributed by atoms with Crippen LogP contribution in [0.25, 0.3) is 0 Å². The molecule has 1 rings (SSSR count). The van der Waals surface area contributed by atoms with Gasteiger partial charge in [0.1, 0.15) is 6.29 Å². The third-order valence-corrected chi connectivity index (χ3v) is 1.59. The van der Waals surface area contributed by atoms with Crippen molar-refractivity contribution in [2.24, 2.45) is 0 Å². The standard InChI is InChI=1S/C10H12O4/c1-3-13-14-9-5-4-8(7-11)6-10(9)12-2/h4-7H,3H2,1-2H3. The summed E-state index contributed by atoms with van der Waals surface area (Å²) in [5, 5.41) is 0. The molecule has 0 atom stereocenters. The molecule has 0 radical (unpaired) electrons. The molecule has 1 aromatic rings. The average Bonchev–Trinajstić information content (AvgIpc) is 2.26. The molecule has 0 saturated carbocycles. The van der Waals surface area contributed by atoms with Gasteiger partial charge in [-0.25, -0.2) is 0 Å². The largest absolute Gasteiger partial charge is 0.493 e. The Labute approximate surface area is 82.3 Å². The lowest BCUT2D eigenvalue weighted by Crippen LogP contribution is -1.98. The summed E-state index contributed by atoms with van der Waals surface area (Å²) in [7, 11) is 1.50. The van der Waals surface area contributed by atoms with Crippen molar-refractivity contribution in [1.82, 2.24) is 0 Å². The number of carbonyl (C=O) groups excluding carboxylic acids is 1. The molecule has 0 aliphatic rings. The number of ether oxygens (including phenoxy) is 1. The van der Waals surface area contributed by atoms with Gasteiger partial charge in [0.05, 0.1) is 13.7 Å². The lowest BCUT2D eigenvalue weighted by Gasteiger charge is -2.08. The second-order valence-corrected chi connectivity index (χ2v) is 2.52. The van der Waals surface area contributed by atoms with Crippen LogP contribution in [0.1, 0.15) is 17.3 Å². The maximum atomic E-state index is 10.5. The third-order valence-electron chi connectivity index (χ3n) is 1.59. The van der Waals surface area contributed by atoms with Crippen LogP contribution in [-0.4, -0.2) is 20.0 Å². The summed E-state index contributed by atoms with van der Waals surface area (Å²) >= 11 is 0. The van der Waals surface area contributed by atoms with E-state index in [4.69, 9.17) is 14.5 Å². The summed E-state index contributed by atoms with van der Waals surface area (Å²) in [6.45, 7) is 2.25. The van der Waals surface area contributed by atoms with Gasteiger partial charge < -0.3 is 9.62 Å². The molecule has 0 spiro atoms. The number of carbonyl (C=O) groups is 1. The lowest BCUT2D eigenvalue weighted by atomic mass is 10.2. The zero-order valence-electron chi connectivity index (χ0n) is 8.15. The summed E-state index contributed by atoms with van der Waals surface area (Å²) in [6.07, 6.45) is 0.743. The van der Waals surface area contributed by atoms with Gasteiger partial charge in [-0.1, -0.05) is 0 Å². The summed E-state index contributed by atoms with van der Waals surface area (Å²) < 4.78 is 5.02. The molecule has 0 fully saturated rings. The molecule has 4 nitrogen and oxygen atoms in total. The highest BCUT2D eigenvalue weighted by molar-refractivity contribution is 5.76. The highest BCUT2D eigenvalue weighted by Gasteiger charge is 2.05. The van der Waals surface area contributed by atoms with E-state index in [0.717, 1.165) is 6.29 Å². The van der Waals surface area contributed by atoms with E-state index in [9.17, 15) is 4.79 Å². The Morgan fingerprint density at radius 3 is 2.71 bits per heavy atom. The highest BCUT2D eigenvalue weighted by Crippen LogP contribution is 2.27. The molecule has 0 heterocycles. The summed E-state index contributed by atoms with van der Waals surface area (Å²) in [5.41, 5.74) is 0.533. The first-order chi connectivity index (χ1) is 6.81. The second-order valence-electron chi connectivity index (χ2n) is 2.52. The normalized spacial score (nSPS) is 9.57. The van der Waals surface area contributed by atoms with Crippen molar-refractivity contribution < 1.29 is 19.3 Å². The minimum absolute atomic E-state index is 0.443. The molecule has 1 aromatic carbocycles. The van der Waals surface area contributed by atoms with Gasteiger partial charge in [-0.2, -0.15) is 4.89 Å². The summed E-state index contributed by atoms with van der Waals surface area (Å²) in [4.78, 5) is 20.2. The Bertz CT molecular complexity index is 309. The van der Waals surface area contributed by atoms with E-state index >= 15 is 0 Å². The lowest BCUT2D eigenvalue weighted by molar-refractivity contribution is -0.203. The fourth-order valence-corrected chi connectivity index (χ4v) is 0.949. The van der Waals surface area contributed by atoms with Crippen molar-refractivity contribution in [3.8, 4) is 11.5 Å². The van der Waals surface area contributed by atoms with E-state index < -0.39 is 0 Å². The molecule has 4 heteroatoms. The van der Waals surface area contributed by atoms with Crippen LogP contribution in [0.15, 0.2) is 18.2 Å². The number of hydrogen-bond donors (Lipinski definition) is 0. The molecule has 14 heavy (non-hydrogen) atoms. The molecule has 76 valence electrons. The quantitative estimate of drug-likeness (QED) is 0.409. The maximum absolute atomic E-state index is 10.5. The van der Waals surface area contributed by atoms with Crippen molar-refractivity contribution in [2.75, 3.05) is 13.7 Å². The van der Waals surface area contributed by atoms with Crippen molar-refractivity contribution >= 4 is 6.29 Å². The van der Waals surface area contributed by atoms with E-state index in [-0.39, 0.29) is 0 Å². The minimum atomic E-state index is 0.443. The van der Waals surface area contributed by atoms with Gasteiger partial charge in [0.25, 0.3) is 0 Å². The summed E-state index contributed by atoms with van der Waals surface area (Å²) in [6, 6.07) is 4.84. The van der Waals surface area contributed by atoms with Crippen LogP contribution in [0.5, 0.6) is 11.5 Å². The SMILES string of the molecule is CCOOc1ccc(C=O)cc1OC. The van der Waals surface area contributed by atoms with Gasteiger partial charge >= 0.3 is 0 Å². The van der Waals surface area contributed by atoms with Gasteiger partial charge in [-0.15, -0.1) is 0 Å². The smallest absolute Gasteiger partial charge is 0.207 e. The van der Waals surface area contributed by atoms with Gasteiger partial charge in [0, 0.05) is 5.56 Å². The molecule has 0 aliphatic heterocycles. The Morgan fingerprint density at radius 1 is 1.36 bits per heavy atom. The monoisotopic (exact) mass is 196 g/mol. The molecule has 0 unspecified atom stereocenters. The first-order valence-corrected chi connectivity index (χ1v) is 4.24. The number of hydrogen-bond acceptors (Lipinski definition) is 4. The van der Waals surface area contributed by atoms with Crippen LogP contribution in [-0.2, 0) is 4.89 Å². The zero-order chi connectivity index (χ0) is 10.4. The third kappa shape index (κ3) is 2.47. The van der Waals surface area contributed by atoms with E-state index in [2.05, 4.69) is 0 Å². The van der Waals surface area contributed by atoms with E-state index in [1.807, 2.05) is 6.92 Å². The molecule has 0 aromatic heterocycles. The van der Waals surface area contributed by atoms with Gasteiger partial charge in [0.15, 0.2) is 5.75 Å². The van der Waals surface area contributed by atoms with Crippen molar-refractivity contribution in [2.45, 2.75) is 6.92 Å². The Kier molecular flexibility index (Phi) is 3.94. The van der Waals surface area contributed by atoms with Crippen LogP contribution in [0.4, 0.5) is 0 Å². The molecule has 0 amide bonds. The molecule has 0 aliphatic carbocycles. The zero-order valence-corrected chi connectivity index (χ0v) is 8.15. The molecular formula is C10H12O4. The molecule has 0 N–H and O–H groups in total. The fraction of sp³-hybridized carbons (Fsp3) is 0.300. The molecule has 0 bridgehead atoms. The van der Waals surface area contributed by atoms with Gasteiger partial charge in [0.2, 0.25) is 5.75 Å². The number of methoxy groups -OCH3 is 1.